The zero-order chi connectivity index (χ0) is 10.3. The van der Waals surface area contributed by atoms with Crippen LogP contribution in [0.5, 0.6) is 0 Å². The van der Waals surface area contributed by atoms with E-state index in [2.05, 4.69) is 0 Å². The summed E-state index contributed by atoms with van der Waals surface area (Å²) in [6, 6.07) is 0. The van der Waals surface area contributed by atoms with Crippen LogP contribution in [0.25, 0.3) is 0 Å². The highest BCUT2D eigenvalue weighted by Crippen LogP contribution is 2.38. The molecule has 0 amide bonds. The van der Waals surface area contributed by atoms with Gasteiger partial charge in [0.2, 0.25) is 0 Å². The molecule has 0 aromatic rings. The Morgan fingerprint density at radius 2 is 1.93 bits per heavy atom. The number of hydrogen-bond donors (Lipinski definition) is 1. The molecule has 1 N–H and O–H groups in total. The number of ether oxygens (including phenoxy) is 4. The Bertz CT molecular complexity index is 197. The van der Waals surface area contributed by atoms with Crippen LogP contribution in [0.15, 0.2) is 0 Å². The zero-order valence-corrected chi connectivity index (χ0v) is 8.60. The first-order valence-corrected chi connectivity index (χ1v) is 4.72. The quantitative estimate of drug-likeness (QED) is 0.679. The molecule has 0 aromatic carbocycles. The molecule has 0 aliphatic carbocycles. The lowest BCUT2D eigenvalue weighted by Crippen LogP contribution is -2.31. The zero-order valence-electron chi connectivity index (χ0n) is 8.60. The van der Waals surface area contributed by atoms with E-state index in [0.717, 1.165) is 0 Å². The molecule has 0 unspecified atom stereocenters. The van der Waals surface area contributed by atoms with E-state index < -0.39 is 12.1 Å². The van der Waals surface area contributed by atoms with E-state index >= 15 is 0 Å². The molecule has 14 heavy (non-hydrogen) atoms. The Labute approximate surface area is 82.9 Å². The number of aliphatic hydroxyl groups is 1. The highest BCUT2D eigenvalue weighted by Gasteiger charge is 2.55. The lowest BCUT2D eigenvalue weighted by molar-refractivity contribution is -0.230. The number of hydrogen-bond acceptors (Lipinski definition) is 5. The molecule has 0 aromatic heterocycles. The molecule has 5 heteroatoms. The van der Waals surface area contributed by atoms with Crippen molar-refractivity contribution in [1.82, 2.24) is 0 Å². The lowest BCUT2D eigenvalue weighted by Gasteiger charge is -2.22. The van der Waals surface area contributed by atoms with E-state index in [1.165, 1.54) is 0 Å². The monoisotopic (exact) mass is 204 g/mol. The number of aliphatic hydroxyl groups excluding tert-OH is 1. The van der Waals surface area contributed by atoms with Gasteiger partial charge in [0.1, 0.15) is 18.3 Å². The first-order valence-electron chi connectivity index (χ1n) is 4.72. The predicted molar refractivity (Wildman–Crippen MR) is 46.6 cm³/mol. The third-order valence-corrected chi connectivity index (χ3v) is 2.52. The average Bonchev–Trinajstić information content (AvgIpc) is 2.57. The number of fused-ring (bicyclic) bond motifs is 1. The van der Waals surface area contributed by atoms with Crippen molar-refractivity contribution in [1.29, 1.82) is 0 Å². The van der Waals surface area contributed by atoms with E-state index in [1.807, 2.05) is 13.8 Å². The summed E-state index contributed by atoms with van der Waals surface area (Å²) in [5, 5.41) is 9.08. The van der Waals surface area contributed by atoms with Gasteiger partial charge < -0.3 is 24.1 Å². The minimum absolute atomic E-state index is 0.0829. The van der Waals surface area contributed by atoms with Crippen molar-refractivity contribution in [3.63, 3.8) is 0 Å². The highest BCUT2D eigenvalue weighted by atomic mass is 16.8. The first-order chi connectivity index (χ1) is 6.57. The summed E-state index contributed by atoms with van der Waals surface area (Å²) in [5.74, 6) is -0.622. The van der Waals surface area contributed by atoms with Crippen molar-refractivity contribution in [3.8, 4) is 0 Å². The second kappa shape index (κ2) is 3.43. The second-order valence-electron chi connectivity index (χ2n) is 4.03. The fourth-order valence-corrected chi connectivity index (χ4v) is 1.98. The van der Waals surface area contributed by atoms with Gasteiger partial charge >= 0.3 is 0 Å². The molecule has 2 heterocycles. The van der Waals surface area contributed by atoms with Crippen molar-refractivity contribution in [2.75, 3.05) is 13.7 Å². The summed E-state index contributed by atoms with van der Waals surface area (Å²) in [7, 11) is 1.55. The Kier molecular flexibility index (Phi) is 2.53. The molecule has 0 bridgehead atoms. The lowest BCUT2D eigenvalue weighted by atomic mass is 10.1. The van der Waals surface area contributed by atoms with Crippen molar-refractivity contribution < 1.29 is 24.1 Å². The molecule has 0 radical (unpaired) electrons. The van der Waals surface area contributed by atoms with Gasteiger partial charge in [-0.2, -0.15) is 0 Å². The predicted octanol–water partition coefficient (Wildman–Crippen LogP) is -0.130. The molecule has 2 saturated heterocycles. The van der Waals surface area contributed by atoms with Crippen LogP contribution < -0.4 is 0 Å². The third kappa shape index (κ3) is 1.55. The minimum atomic E-state index is -0.622. The molecule has 2 aliphatic heterocycles. The fourth-order valence-electron chi connectivity index (χ4n) is 1.98. The topological polar surface area (TPSA) is 57.2 Å². The maximum Gasteiger partial charge on any atom is 0.186 e. The van der Waals surface area contributed by atoms with Crippen molar-refractivity contribution >= 4 is 0 Å². The van der Waals surface area contributed by atoms with Crippen LogP contribution in [0.1, 0.15) is 13.8 Å². The standard InChI is InChI=1S/C9H16O5/c1-9(2)13-6-5(4-10)12-8(11-3)7(6)14-9/h5-8,10H,4H2,1-3H3/t5-,6-,7-,8+/m1/s1. The maximum atomic E-state index is 9.08. The molecule has 0 saturated carbocycles. The largest absolute Gasteiger partial charge is 0.394 e. The van der Waals surface area contributed by atoms with Crippen LogP contribution in [-0.2, 0) is 18.9 Å². The van der Waals surface area contributed by atoms with Crippen LogP contribution in [0.2, 0.25) is 0 Å². The van der Waals surface area contributed by atoms with E-state index in [0.29, 0.717) is 0 Å². The van der Waals surface area contributed by atoms with Gasteiger partial charge in [0.05, 0.1) is 6.61 Å². The molecular formula is C9H16O5. The van der Waals surface area contributed by atoms with Crippen molar-refractivity contribution in [2.24, 2.45) is 0 Å². The van der Waals surface area contributed by atoms with Crippen molar-refractivity contribution in [2.45, 2.75) is 44.2 Å². The van der Waals surface area contributed by atoms with Crippen LogP contribution in [0, 0.1) is 0 Å². The van der Waals surface area contributed by atoms with Gasteiger partial charge in [0.15, 0.2) is 12.1 Å². The molecule has 82 valence electrons. The van der Waals surface area contributed by atoms with E-state index in [9.17, 15) is 0 Å². The molecule has 5 nitrogen and oxygen atoms in total. The molecular weight excluding hydrogens is 188 g/mol. The number of rotatable bonds is 2. The van der Waals surface area contributed by atoms with Gasteiger partial charge in [-0.1, -0.05) is 0 Å². The van der Waals surface area contributed by atoms with E-state index in [4.69, 9.17) is 24.1 Å². The highest BCUT2D eigenvalue weighted by molar-refractivity contribution is 4.94. The van der Waals surface area contributed by atoms with Gasteiger partial charge in [-0.05, 0) is 13.8 Å². The summed E-state index contributed by atoms with van der Waals surface area (Å²) in [6.07, 6.45) is -1.28. The smallest absolute Gasteiger partial charge is 0.186 e. The maximum absolute atomic E-state index is 9.08. The molecule has 2 aliphatic rings. The average molecular weight is 204 g/mol. The summed E-state index contributed by atoms with van der Waals surface area (Å²) < 4.78 is 21.8. The van der Waals surface area contributed by atoms with Crippen LogP contribution in [-0.4, -0.2) is 49.2 Å². The van der Waals surface area contributed by atoms with Crippen molar-refractivity contribution in [3.05, 3.63) is 0 Å². The van der Waals surface area contributed by atoms with Gasteiger partial charge in [0.25, 0.3) is 0 Å². The van der Waals surface area contributed by atoms with Gasteiger partial charge in [-0.15, -0.1) is 0 Å². The van der Waals surface area contributed by atoms with E-state index in [-0.39, 0.29) is 24.9 Å². The summed E-state index contributed by atoms with van der Waals surface area (Å²) in [4.78, 5) is 0. The Balaban J connectivity index is 2.12. The Hall–Kier alpha value is -0.200. The molecule has 2 rings (SSSR count). The molecule has 2 fully saturated rings. The SMILES string of the molecule is CO[C@H]1O[C@H](CO)[C@H]2OC(C)(C)O[C@@H]12. The summed E-state index contributed by atoms with van der Waals surface area (Å²) in [6.45, 7) is 3.60. The van der Waals surface area contributed by atoms with Crippen LogP contribution in [0.4, 0.5) is 0 Å². The summed E-state index contributed by atoms with van der Waals surface area (Å²) in [5.41, 5.74) is 0. The van der Waals surface area contributed by atoms with Crippen LogP contribution >= 0.6 is 0 Å². The van der Waals surface area contributed by atoms with Gasteiger partial charge in [0, 0.05) is 7.11 Å². The first kappa shape index (κ1) is 10.3. The second-order valence-corrected chi connectivity index (χ2v) is 4.03. The fraction of sp³-hybridized carbons (Fsp3) is 1.00. The minimum Gasteiger partial charge on any atom is -0.394 e. The Morgan fingerprint density at radius 3 is 2.50 bits per heavy atom. The molecule has 4 atom stereocenters. The normalized spacial score (nSPS) is 45.4. The Morgan fingerprint density at radius 1 is 1.29 bits per heavy atom. The van der Waals surface area contributed by atoms with E-state index in [1.54, 1.807) is 7.11 Å². The van der Waals surface area contributed by atoms with Gasteiger partial charge in [-0.3, -0.25) is 0 Å². The third-order valence-electron chi connectivity index (χ3n) is 2.52. The molecule has 0 spiro atoms. The van der Waals surface area contributed by atoms with Crippen LogP contribution in [0.3, 0.4) is 0 Å². The number of methoxy groups -OCH3 is 1. The van der Waals surface area contributed by atoms with Gasteiger partial charge in [-0.25, -0.2) is 0 Å². The summed E-state index contributed by atoms with van der Waals surface area (Å²) >= 11 is 0.